The highest BCUT2D eigenvalue weighted by Crippen LogP contribution is 2.27. The number of hydrogen-bond donors (Lipinski definition) is 1. The molecule has 1 aromatic carbocycles. The quantitative estimate of drug-likeness (QED) is 0.608. The van der Waals surface area contributed by atoms with Crippen molar-refractivity contribution in [3.05, 3.63) is 54.0 Å². The fourth-order valence-electron chi connectivity index (χ4n) is 2.57. The molecule has 0 bridgehead atoms. The molecule has 0 unspecified atom stereocenters. The second-order valence-electron chi connectivity index (χ2n) is 5.83. The Kier molecular flexibility index (Phi) is 6.49. The van der Waals surface area contributed by atoms with Crippen molar-refractivity contribution >= 4 is 23.8 Å². The zero-order chi connectivity index (χ0) is 19.9. The number of carbonyl (C=O) groups is 2. The van der Waals surface area contributed by atoms with E-state index < -0.39 is 12.0 Å². The summed E-state index contributed by atoms with van der Waals surface area (Å²) in [6.07, 6.45) is 0.847. The minimum atomic E-state index is -0.756. The van der Waals surface area contributed by atoms with Crippen LogP contribution < -0.4 is 5.32 Å². The first kappa shape index (κ1) is 19.7. The van der Waals surface area contributed by atoms with E-state index in [0.717, 1.165) is 16.9 Å². The Morgan fingerprint density at radius 1 is 1.21 bits per heavy atom. The third kappa shape index (κ3) is 4.80. The van der Waals surface area contributed by atoms with Gasteiger partial charge < -0.3 is 9.15 Å². The summed E-state index contributed by atoms with van der Waals surface area (Å²) in [6.45, 7) is 4.27. The van der Waals surface area contributed by atoms with E-state index in [0.29, 0.717) is 17.5 Å². The van der Waals surface area contributed by atoms with Crippen LogP contribution in [-0.2, 0) is 16.1 Å². The van der Waals surface area contributed by atoms with Gasteiger partial charge in [0.15, 0.2) is 11.0 Å². The molecule has 8 nitrogen and oxygen atoms in total. The van der Waals surface area contributed by atoms with Gasteiger partial charge in [-0.1, -0.05) is 42.1 Å². The molecule has 0 atom stereocenters. The van der Waals surface area contributed by atoms with Gasteiger partial charge in [-0.25, -0.2) is 4.79 Å². The van der Waals surface area contributed by atoms with E-state index in [1.54, 1.807) is 13.2 Å². The number of carbonyl (C=O) groups excluding carboxylic acids is 2. The van der Waals surface area contributed by atoms with Gasteiger partial charge in [0.05, 0.1) is 30.7 Å². The summed E-state index contributed by atoms with van der Waals surface area (Å²) in [5, 5.41) is 11.3. The molecule has 0 aliphatic rings. The fourth-order valence-corrected chi connectivity index (χ4v) is 3.31. The summed E-state index contributed by atoms with van der Waals surface area (Å²) in [4.78, 5) is 23.3. The Bertz CT molecular complexity index is 952. The summed E-state index contributed by atoms with van der Waals surface area (Å²) in [5.74, 6) is 0.941. The molecule has 1 N–H and O–H groups in total. The average molecular weight is 400 g/mol. The van der Waals surface area contributed by atoms with Gasteiger partial charge in [0, 0.05) is 0 Å². The summed E-state index contributed by atoms with van der Waals surface area (Å²) in [7, 11) is 0. The first-order valence-corrected chi connectivity index (χ1v) is 9.68. The Labute approximate surface area is 166 Å². The Hall–Kier alpha value is -3.07. The topological polar surface area (TPSA) is 99.2 Å². The van der Waals surface area contributed by atoms with Gasteiger partial charge in [-0.15, -0.1) is 10.2 Å². The molecule has 146 valence electrons. The van der Waals surface area contributed by atoms with Crippen LogP contribution in [0.2, 0.25) is 0 Å². The lowest BCUT2D eigenvalue weighted by molar-refractivity contribution is -0.117. The lowest BCUT2D eigenvalue weighted by atomic mass is 10.2. The highest BCUT2D eigenvalue weighted by molar-refractivity contribution is 7.99. The molecular weight excluding hydrogens is 380 g/mol. The molecule has 0 aliphatic heterocycles. The second-order valence-corrected chi connectivity index (χ2v) is 6.77. The number of thioether (sulfide) groups is 1. The normalized spacial score (nSPS) is 10.6. The molecule has 0 saturated carbocycles. The number of ether oxygens (including phenoxy) is 1. The standard InChI is InChI=1S/C19H20N4O4S/c1-3-26-19(25)20-16(24)12-28-18-22-21-17(15-9-10-27-13(15)2)23(18)11-14-7-5-4-6-8-14/h4-10H,3,11-12H2,1-2H3,(H,20,24,25). The van der Waals surface area contributed by atoms with Gasteiger partial charge in [0.25, 0.3) is 0 Å². The van der Waals surface area contributed by atoms with Crippen molar-refractivity contribution in [3.8, 4) is 11.4 Å². The van der Waals surface area contributed by atoms with Gasteiger partial charge in [0.2, 0.25) is 5.91 Å². The largest absolute Gasteiger partial charge is 0.469 e. The minimum absolute atomic E-state index is 0.0100. The second kappa shape index (κ2) is 9.23. The molecule has 0 spiro atoms. The predicted molar refractivity (Wildman–Crippen MR) is 104 cm³/mol. The number of aromatic nitrogens is 3. The van der Waals surface area contributed by atoms with Gasteiger partial charge in [-0.2, -0.15) is 0 Å². The molecule has 0 aliphatic carbocycles. The van der Waals surface area contributed by atoms with Crippen molar-refractivity contribution in [2.45, 2.75) is 25.5 Å². The summed E-state index contributed by atoms with van der Waals surface area (Å²) in [5.41, 5.74) is 1.91. The van der Waals surface area contributed by atoms with Crippen LogP contribution >= 0.6 is 11.8 Å². The highest BCUT2D eigenvalue weighted by Gasteiger charge is 2.19. The maximum atomic E-state index is 12.0. The lowest BCUT2D eigenvalue weighted by Gasteiger charge is -2.10. The van der Waals surface area contributed by atoms with E-state index in [1.165, 1.54) is 11.8 Å². The maximum absolute atomic E-state index is 12.0. The molecule has 3 rings (SSSR count). The van der Waals surface area contributed by atoms with E-state index in [-0.39, 0.29) is 12.4 Å². The molecule has 0 fully saturated rings. The summed E-state index contributed by atoms with van der Waals surface area (Å²) < 4.78 is 12.0. The highest BCUT2D eigenvalue weighted by atomic mass is 32.2. The molecular formula is C19H20N4O4S. The van der Waals surface area contributed by atoms with E-state index in [2.05, 4.69) is 15.5 Å². The summed E-state index contributed by atoms with van der Waals surface area (Å²) in [6, 6.07) is 11.7. The number of nitrogens with one attached hydrogen (secondary N) is 1. The Morgan fingerprint density at radius 3 is 2.68 bits per heavy atom. The molecule has 28 heavy (non-hydrogen) atoms. The molecule has 3 aromatic rings. The maximum Gasteiger partial charge on any atom is 0.413 e. The number of amides is 2. The lowest BCUT2D eigenvalue weighted by Crippen LogP contribution is -2.32. The van der Waals surface area contributed by atoms with Crippen LogP contribution in [0.15, 0.2) is 52.2 Å². The molecule has 0 saturated heterocycles. The van der Waals surface area contributed by atoms with Crippen molar-refractivity contribution in [2.75, 3.05) is 12.4 Å². The van der Waals surface area contributed by atoms with Gasteiger partial charge >= 0.3 is 6.09 Å². The first-order chi connectivity index (χ1) is 13.6. The molecule has 2 heterocycles. The van der Waals surface area contributed by atoms with E-state index >= 15 is 0 Å². The molecule has 2 aromatic heterocycles. The number of alkyl carbamates (subject to hydrolysis) is 1. The monoisotopic (exact) mass is 400 g/mol. The van der Waals surface area contributed by atoms with Crippen molar-refractivity contribution < 1.29 is 18.7 Å². The summed E-state index contributed by atoms with van der Waals surface area (Å²) >= 11 is 1.20. The Balaban J connectivity index is 1.80. The number of furan rings is 1. The first-order valence-electron chi connectivity index (χ1n) is 8.69. The average Bonchev–Trinajstić information content (AvgIpc) is 3.27. The van der Waals surface area contributed by atoms with Crippen LogP contribution in [0.3, 0.4) is 0 Å². The number of hydrogen-bond acceptors (Lipinski definition) is 7. The number of imide groups is 1. The molecule has 9 heteroatoms. The van der Waals surface area contributed by atoms with Crippen molar-refractivity contribution in [3.63, 3.8) is 0 Å². The van der Waals surface area contributed by atoms with Crippen LogP contribution in [0.25, 0.3) is 11.4 Å². The SMILES string of the molecule is CCOC(=O)NC(=O)CSc1nnc(-c2ccoc2C)n1Cc1ccccc1. The number of aryl methyl sites for hydroxylation is 1. The van der Waals surface area contributed by atoms with Gasteiger partial charge in [0.1, 0.15) is 5.76 Å². The van der Waals surface area contributed by atoms with E-state index in [4.69, 9.17) is 9.15 Å². The third-order valence-corrected chi connectivity index (χ3v) is 4.82. The Morgan fingerprint density at radius 2 is 2.00 bits per heavy atom. The zero-order valence-corrected chi connectivity index (χ0v) is 16.4. The van der Waals surface area contributed by atoms with Crippen LogP contribution in [0, 0.1) is 6.92 Å². The molecule has 0 radical (unpaired) electrons. The molecule has 2 amide bonds. The van der Waals surface area contributed by atoms with Crippen molar-refractivity contribution in [2.24, 2.45) is 0 Å². The number of rotatable bonds is 7. The van der Waals surface area contributed by atoms with Crippen LogP contribution in [0.4, 0.5) is 4.79 Å². The number of nitrogens with zero attached hydrogens (tertiary/aromatic N) is 3. The van der Waals surface area contributed by atoms with Crippen molar-refractivity contribution in [1.82, 2.24) is 20.1 Å². The van der Waals surface area contributed by atoms with Crippen molar-refractivity contribution in [1.29, 1.82) is 0 Å². The van der Waals surface area contributed by atoms with Crippen LogP contribution in [0.5, 0.6) is 0 Å². The zero-order valence-electron chi connectivity index (χ0n) is 15.5. The van der Waals surface area contributed by atoms with E-state index in [1.807, 2.05) is 47.9 Å². The van der Waals surface area contributed by atoms with Crippen LogP contribution in [0.1, 0.15) is 18.2 Å². The minimum Gasteiger partial charge on any atom is -0.469 e. The van der Waals surface area contributed by atoms with Gasteiger partial charge in [-0.05, 0) is 25.5 Å². The van der Waals surface area contributed by atoms with Crippen LogP contribution in [-0.4, -0.2) is 39.1 Å². The fraction of sp³-hybridized carbons (Fsp3) is 0.263. The number of benzene rings is 1. The third-order valence-electron chi connectivity index (χ3n) is 3.85. The van der Waals surface area contributed by atoms with E-state index in [9.17, 15) is 9.59 Å². The smallest absolute Gasteiger partial charge is 0.413 e. The predicted octanol–water partition coefficient (Wildman–Crippen LogP) is 3.26. The van der Waals surface area contributed by atoms with Gasteiger partial charge in [-0.3, -0.25) is 14.7 Å².